The summed E-state index contributed by atoms with van der Waals surface area (Å²) in [5, 5.41) is 3.88. The van der Waals surface area contributed by atoms with Crippen molar-refractivity contribution in [2.75, 3.05) is 13.2 Å². The number of para-hydroxylation sites is 1. The molecule has 1 amide bonds. The van der Waals surface area contributed by atoms with Crippen LogP contribution >= 0.6 is 12.2 Å². The Hall–Kier alpha value is -3.13. The van der Waals surface area contributed by atoms with Gasteiger partial charge in [0.1, 0.15) is 13.2 Å². The van der Waals surface area contributed by atoms with Crippen molar-refractivity contribution in [3.05, 3.63) is 63.2 Å². The van der Waals surface area contributed by atoms with Gasteiger partial charge in [0, 0.05) is 13.0 Å². The van der Waals surface area contributed by atoms with Crippen LogP contribution in [0.3, 0.4) is 0 Å². The van der Waals surface area contributed by atoms with E-state index in [0.29, 0.717) is 42.3 Å². The minimum atomic E-state index is -0.0659. The number of nitrogens with one attached hydrogen (secondary N) is 2. The average molecular weight is 480 g/mol. The van der Waals surface area contributed by atoms with Gasteiger partial charge in [0.2, 0.25) is 5.91 Å². The first-order chi connectivity index (χ1) is 16.6. The third-order valence-corrected chi connectivity index (χ3v) is 6.83. The molecule has 0 bridgehead atoms. The van der Waals surface area contributed by atoms with Gasteiger partial charge in [-0.25, -0.2) is 0 Å². The van der Waals surface area contributed by atoms with Gasteiger partial charge in [-0.3, -0.25) is 14.2 Å². The van der Waals surface area contributed by atoms with Crippen molar-refractivity contribution in [3.63, 3.8) is 0 Å². The van der Waals surface area contributed by atoms with Crippen LogP contribution < -0.4 is 20.3 Å². The number of rotatable bonds is 9. The number of amides is 1. The van der Waals surface area contributed by atoms with Gasteiger partial charge in [-0.15, -0.1) is 0 Å². The molecule has 8 heteroatoms. The molecule has 0 saturated heterocycles. The first-order valence-corrected chi connectivity index (χ1v) is 12.4. The maximum Gasteiger partial charge on any atom is 0.262 e. The van der Waals surface area contributed by atoms with Gasteiger partial charge < -0.3 is 19.8 Å². The predicted octanol–water partition coefficient (Wildman–Crippen LogP) is 4.66. The highest BCUT2D eigenvalue weighted by atomic mass is 32.1. The Morgan fingerprint density at radius 3 is 2.71 bits per heavy atom. The number of hydrogen-bond donors (Lipinski definition) is 2. The largest absolute Gasteiger partial charge is 0.486 e. The van der Waals surface area contributed by atoms with Gasteiger partial charge >= 0.3 is 0 Å². The zero-order valence-electron chi connectivity index (χ0n) is 19.0. The fourth-order valence-corrected chi connectivity index (χ4v) is 4.82. The number of carbonyl (C=O) groups is 1. The second kappa shape index (κ2) is 10.0. The Balaban J connectivity index is 1.13. The molecule has 1 fully saturated rings. The second-order valence-electron chi connectivity index (χ2n) is 9.03. The molecule has 1 aromatic heterocycles. The molecule has 3 aromatic rings. The minimum Gasteiger partial charge on any atom is -0.486 e. The van der Waals surface area contributed by atoms with Crippen molar-refractivity contribution in [1.29, 1.82) is 0 Å². The molecule has 2 N–H and O–H groups in total. The zero-order chi connectivity index (χ0) is 23.5. The van der Waals surface area contributed by atoms with Crippen LogP contribution in [0, 0.1) is 10.7 Å². The van der Waals surface area contributed by atoms with Crippen molar-refractivity contribution in [2.45, 2.75) is 51.1 Å². The first-order valence-electron chi connectivity index (χ1n) is 12.0. The molecule has 1 aliphatic heterocycles. The zero-order valence-corrected chi connectivity index (χ0v) is 19.9. The Bertz CT molecular complexity index is 1310. The number of aromatic amines is 1. The highest BCUT2D eigenvalue weighted by molar-refractivity contribution is 7.71. The van der Waals surface area contributed by atoms with Crippen LogP contribution in [0.1, 0.15) is 50.1 Å². The lowest BCUT2D eigenvalue weighted by atomic mass is 10.0. The maximum atomic E-state index is 12.7. The van der Waals surface area contributed by atoms with Crippen LogP contribution in [-0.4, -0.2) is 28.7 Å². The average Bonchev–Trinajstić information content (AvgIpc) is 3.69. The van der Waals surface area contributed by atoms with Crippen molar-refractivity contribution in [3.8, 4) is 11.5 Å². The summed E-state index contributed by atoms with van der Waals surface area (Å²) in [5.74, 6) is 2.06. The van der Waals surface area contributed by atoms with E-state index in [2.05, 4.69) is 10.3 Å². The summed E-state index contributed by atoms with van der Waals surface area (Å²) in [5.41, 5.74) is 1.77. The summed E-state index contributed by atoms with van der Waals surface area (Å²) in [6, 6.07) is 13.4. The number of fused-ring (bicyclic) bond motifs is 2. The molecule has 1 unspecified atom stereocenters. The first kappa shape index (κ1) is 22.7. The minimum absolute atomic E-state index is 0.0119. The van der Waals surface area contributed by atoms with E-state index in [1.165, 1.54) is 0 Å². The summed E-state index contributed by atoms with van der Waals surface area (Å²) >= 11 is 5.37. The molecular weight excluding hydrogens is 450 g/mol. The normalized spacial score (nSPS) is 15.8. The van der Waals surface area contributed by atoms with E-state index < -0.39 is 0 Å². The topological polar surface area (TPSA) is 85.4 Å². The number of H-pyrrole nitrogens is 1. The van der Waals surface area contributed by atoms with Crippen molar-refractivity contribution in [2.24, 2.45) is 5.92 Å². The SMILES string of the molecule is O=C(CCCCCn1c(=S)[nH]c2ccccc2c1=O)NC(c1ccc2c(c1)OCCO2)C1CC1. The number of benzene rings is 2. The Morgan fingerprint density at radius 1 is 1.09 bits per heavy atom. The van der Waals surface area contributed by atoms with Gasteiger partial charge in [0.15, 0.2) is 16.3 Å². The summed E-state index contributed by atoms with van der Waals surface area (Å²) < 4.78 is 13.4. The third kappa shape index (κ3) is 5.01. The molecule has 0 radical (unpaired) electrons. The van der Waals surface area contributed by atoms with E-state index >= 15 is 0 Å². The molecule has 178 valence electrons. The molecule has 1 atom stereocenters. The third-order valence-electron chi connectivity index (χ3n) is 6.51. The van der Waals surface area contributed by atoms with E-state index in [9.17, 15) is 9.59 Å². The molecule has 34 heavy (non-hydrogen) atoms. The maximum absolute atomic E-state index is 12.7. The van der Waals surface area contributed by atoms with Gasteiger partial charge in [-0.1, -0.05) is 24.6 Å². The van der Waals surface area contributed by atoms with Crippen LogP contribution in [-0.2, 0) is 11.3 Å². The number of nitrogens with zero attached hydrogens (tertiary/aromatic N) is 1. The van der Waals surface area contributed by atoms with Crippen LogP contribution in [0.5, 0.6) is 11.5 Å². The summed E-state index contributed by atoms with van der Waals surface area (Å²) in [6.07, 6.45) is 5.12. The molecule has 5 rings (SSSR count). The van der Waals surface area contributed by atoms with Crippen LogP contribution in [0.2, 0.25) is 0 Å². The number of unbranched alkanes of at least 4 members (excludes halogenated alkanes) is 2. The lowest BCUT2D eigenvalue weighted by molar-refractivity contribution is -0.122. The Labute approximate surface area is 203 Å². The highest BCUT2D eigenvalue weighted by Gasteiger charge is 2.34. The fraction of sp³-hybridized carbons (Fsp3) is 0.423. The molecule has 1 aliphatic carbocycles. The Kier molecular flexibility index (Phi) is 6.67. The fourth-order valence-electron chi connectivity index (χ4n) is 4.54. The molecule has 1 saturated carbocycles. The lowest BCUT2D eigenvalue weighted by Gasteiger charge is -2.23. The number of ether oxygens (including phenoxy) is 2. The van der Waals surface area contributed by atoms with E-state index in [0.717, 1.165) is 54.7 Å². The number of aromatic nitrogens is 2. The number of hydrogen-bond acceptors (Lipinski definition) is 5. The van der Waals surface area contributed by atoms with Crippen molar-refractivity contribution >= 4 is 29.0 Å². The van der Waals surface area contributed by atoms with Crippen LogP contribution in [0.4, 0.5) is 0 Å². The van der Waals surface area contributed by atoms with E-state index in [4.69, 9.17) is 21.7 Å². The van der Waals surface area contributed by atoms with Gasteiger partial charge in [0.05, 0.1) is 16.9 Å². The van der Waals surface area contributed by atoms with E-state index in [-0.39, 0.29) is 17.5 Å². The van der Waals surface area contributed by atoms with Crippen molar-refractivity contribution in [1.82, 2.24) is 14.9 Å². The van der Waals surface area contributed by atoms with Crippen molar-refractivity contribution < 1.29 is 14.3 Å². The van der Waals surface area contributed by atoms with Gasteiger partial charge in [-0.2, -0.15) is 0 Å². The molecule has 2 heterocycles. The standard InChI is InChI=1S/C26H29N3O4S/c30-23(28-24(17-9-10-17)18-11-12-21-22(16-18)33-15-14-32-21)8-2-1-5-13-29-25(31)19-6-3-4-7-20(19)27-26(29)34/h3-4,6-7,11-12,16-17,24H,1-2,5,8-10,13-15H2,(H,27,34)(H,28,30). The molecule has 0 spiro atoms. The van der Waals surface area contributed by atoms with E-state index in [1.54, 1.807) is 4.57 Å². The lowest BCUT2D eigenvalue weighted by Crippen LogP contribution is -2.30. The summed E-state index contributed by atoms with van der Waals surface area (Å²) in [4.78, 5) is 28.6. The smallest absolute Gasteiger partial charge is 0.262 e. The molecule has 2 aliphatic rings. The second-order valence-corrected chi connectivity index (χ2v) is 9.42. The molecule has 7 nitrogen and oxygen atoms in total. The molecular formula is C26H29N3O4S. The monoisotopic (exact) mass is 479 g/mol. The summed E-state index contributed by atoms with van der Waals surface area (Å²) in [7, 11) is 0. The van der Waals surface area contributed by atoms with Crippen LogP contribution in [0.25, 0.3) is 10.9 Å². The van der Waals surface area contributed by atoms with Gasteiger partial charge in [0.25, 0.3) is 5.56 Å². The predicted molar refractivity (Wildman–Crippen MR) is 133 cm³/mol. The van der Waals surface area contributed by atoms with Gasteiger partial charge in [-0.05, 0) is 73.6 Å². The highest BCUT2D eigenvalue weighted by Crippen LogP contribution is 2.43. The quantitative estimate of drug-likeness (QED) is 0.344. The molecule has 2 aromatic carbocycles. The van der Waals surface area contributed by atoms with Crippen LogP contribution in [0.15, 0.2) is 47.3 Å². The summed E-state index contributed by atoms with van der Waals surface area (Å²) in [6.45, 7) is 1.66. The Morgan fingerprint density at radius 2 is 1.88 bits per heavy atom. The van der Waals surface area contributed by atoms with E-state index in [1.807, 2.05) is 42.5 Å². The number of carbonyl (C=O) groups excluding carboxylic acids is 1.